The van der Waals surface area contributed by atoms with Crippen LogP contribution in [0.15, 0.2) is 6.20 Å². The zero-order valence-corrected chi connectivity index (χ0v) is 12.0. The second-order valence-corrected chi connectivity index (χ2v) is 6.06. The van der Waals surface area contributed by atoms with Gasteiger partial charge in [0.25, 0.3) is 0 Å². The molecule has 1 heterocycles. The van der Waals surface area contributed by atoms with Crippen LogP contribution in [-0.4, -0.2) is 21.9 Å². The predicted octanol–water partition coefficient (Wildman–Crippen LogP) is 2.61. The zero-order chi connectivity index (χ0) is 14.0. The number of anilines is 1. The van der Waals surface area contributed by atoms with Gasteiger partial charge >= 0.3 is 5.97 Å². The number of esters is 1. The molecule has 0 atom stereocenters. The van der Waals surface area contributed by atoms with E-state index >= 15 is 0 Å². The molecule has 0 aromatic carbocycles. The summed E-state index contributed by atoms with van der Waals surface area (Å²) in [5.41, 5.74) is 6.78. The summed E-state index contributed by atoms with van der Waals surface area (Å²) in [7, 11) is 0. The standard InChI is InChI=1S/C14H23N3O2/c1-4-17-9-11(15)12(16-17)13(18)19-10-5-7-14(2,3)8-6-10/h9-10H,4-8,15H2,1-3H3. The maximum atomic E-state index is 12.0. The van der Waals surface area contributed by atoms with Gasteiger partial charge in [0.15, 0.2) is 5.69 Å². The summed E-state index contributed by atoms with van der Waals surface area (Å²) in [6, 6.07) is 0. The van der Waals surface area contributed by atoms with E-state index in [1.165, 1.54) is 0 Å². The minimum Gasteiger partial charge on any atom is -0.458 e. The molecule has 2 rings (SSSR count). The van der Waals surface area contributed by atoms with Gasteiger partial charge in [-0.3, -0.25) is 4.68 Å². The van der Waals surface area contributed by atoms with Crippen molar-refractivity contribution >= 4 is 11.7 Å². The Morgan fingerprint density at radius 3 is 2.68 bits per heavy atom. The molecule has 19 heavy (non-hydrogen) atoms. The fourth-order valence-corrected chi connectivity index (χ4v) is 2.46. The summed E-state index contributed by atoms with van der Waals surface area (Å²) in [6.45, 7) is 7.15. The maximum Gasteiger partial charge on any atom is 0.361 e. The lowest BCUT2D eigenvalue weighted by molar-refractivity contribution is 0.00894. The predicted molar refractivity (Wildman–Crippen MR) is 73.8 cm³/mol. The fourth-order valence-electron chi connectivity index (χ4n) is 2.46. The molecule has 0 spiro atoms. The smallest absolute Gasteiger partial charge is 0.361 e. The summed E-state index contributed by atoms with van der Waals surface area (Å²) in [6.07, 6.45) is 5.70. The van der Waals surface area contributed by atoms with Gasteiger partial charge in [-0.2, -0.15) is 5.10 Å². The Balaban J connectivity index is 1.96. The van der Waals surface area contributed by atoms with Crippen molar-refractivity contribution in [2.75, 3.05) is 5.73 Å². The highest BCUT2D eigenvalue weighted by molar-refractivity contribution is 5.92. The molecular weight excluding hydrogens is 242 g/mol. The second-order valence-electron chi connectivity index (χ2n) is 6.06. The van der Waals surface area contributed by atoms with Crippen LogP contribution in [0.5, 0.6) is 0 Å². The minimum absolute atomic E-state index is 0.00621. The Morgan fingerprint density at radius 2 is 2.16 bits per heavy atom. The third-order valence-corrected chi connectivity index (χ3v) is 3.87. The van der Waals surface area contributed by atoms with Crippen molar-refractivity contribution < 1.29 is 9.53 Å². The van der Waals surface area contributed by atoms with Crippen LogP contribution < -0.4 is 5.73 Å². The molecule has 1 aromatic heterocycles. The molecule has 1 aliphatic carbocycles. The van der Waals surface area contributed by atoms with E-state index in [0.29, 0.717) is 17.6 Å². The Morgan fingerprint density at radius 1 is 1.53 bits per heavy atom. The summed E-state index contributed by atoms with van der Waals surface area (Å²) in [5, 5.41) is 4.14. The van der Waals surface area contributed by atoms with Crippen molar-refractivity contribution in [1.29, 1.82) is 0 Å². The van der Waals surface area contributed by atoms with E-state index < -0.39 is 5.97 Å². The van der Waals surface area contributed by atoms with Crippen molar-refractivity contribution in [2.24, 2.45) is 5.41 Å². The van der Waals surface area contributed by atoms with Gasteiger partial charge in [-0.15, -0.1) is 0 Å². The number of nitrogen functional groups attached to an aromatic ring is 1. The molecule has 0 saturated heterocycles. The van der Waals surface area contributed by atoms with Crippen molar-refractivity contribution in [3.63, 3.8) is 0 Å². The van der Waals surface area contributed by atoms with Gasteiger partial charge in [0.1, 0.15) is 6.10 Å². The third-order valence-electron chi connectivity index (χ3n) is 3.87. The molecule has 106 valence electrons. The van der Waals surface area contributed by atoms with E-state index in [1.807, 2.05) is 6.92 Å². The molecule has 2 N–H and O–H groups in total. The van der Waals surface area contributed by atoms with Crippen molar-refractivity contribution in [3.8, 4) is 0 Å². The number of hydrogen-bond donors (Lipinski definition) is 1. The van der Waals surface area contributed by atoms with E-state index in [4.69, 9.17) is 10.5 Å². The summed E-state index contributed by atoms with van der Waals surface area (Å²) < 4.78 is 7.16. The average molecular weight is 265 g/mol. The molecule has 0 unspecified atom stereocenters. The number of hydrogen-bond acceptors (Lipinski definition) is 4. The molecule has 1 saturated carbocycles. The lowest BCUT2D eigenvalue weighted by Crippen LogP contribution is -2.28. The molecule has 5 nitrogen and oxygen atoms in total. The Kier molecular flexibility index (Phi) is 3.83. The Labute approximate surface area is 114 Å². The fraction of sp³-hybridized carbons (Fsp3) is 0.714. The first kappa shape index (κ1) is 13.9. The molecule has 1 aliphatic rings. The minimum atomic E-state index is -0.394. The van der Waals surface area contributed by atoms with Gasteiger partial charge in [-0.25, -0.2) is 4.79 Å². The molecule has 0 radical (unpaired) electrons. The second kappa shape index (κ2) is 5.23. The molecule has 0 aliphatic heterocycles. The number of aromatic nitrogens is 2. The molecule has 5 heteroatoms. The lowest BCUT2D eigenvalue weighted by atomic mass is 9.76. The monoisotopic (exact) mass is 265 g/mol. The third kappa shape index (κ3) is 3.28. The van der Waals surface area contributed by atoms with Crippen molar-refractivity contribution in [3.05, 3.63) is 11.9 Å². The van der Waals surface area contributed by atoms with Gasteiger partial charge in [-0.1, -0.05) is 13.8 Å². The van der Waals surface area contributed by atoms with E-state index in [0.717, 1.165) is 25.7 Å². The van der Waals surface area contributed by atoms with Crippen LogP contribution in [0.2, 0.25) is 0 Å². The van der Waals surface area contributed by atoms with Crippen LogP contribution in [0, 0.1) is 5.41 Å². The van der Waals surface area contributed by atoms with Gasteiger partial charge in [0.05, 0.1) is 5.69 Å². The first-order chi connectivity index (χ1) is 8.91. The first-order valence-electron chi connectivity index (χ1n) is 6.95. The number of ether oxygens (including phenoxy) is 1. The van der Waals surface area contributed by atoms with E-state index in [9.17, 15) is 4.79 Å². The Bertz CT molecular complexity index is 455. The molecule has 0 amide bonds. The highest BCUT2D eigenvalue weighted by atomic mass is 16.5. The van der Waals surface area contributed by atoms with Crippen LogP contribution in [0.25, 0.3) is 0 Å². The largest absolute Gasteiger partial charge is 0.458 e. The van der Waals surface area contributed by atoms with E-state index in [1.54, 1.807) is 10.9 Å². The molecule has 0 bridgehead atoms. The van der Waals surface area contributed by atoms with Crippen LogP contribution in [-0.2, 0) is 11.3 Å². The normalized spacial score (nSPS) is 19.3. The molecule has 1 aromatic rings. The highest BCUT2D eigenvalue weighted by Crippen LogP contribution is 2.36. The molecular formula is C14H23N3O2. The topological polar surface area (TPSA) is 70.1 Å². The highest BCUT2D eigenvalue weighted by Gasteiger charge is 2.30. The maximum absolute atomic E-state index is 12.0. The lowest BCUT2D eigenvalue weighted by Gasteiger charge is -2.33. The number of nitrogens with zero attached hydrogens (tertiary/aromatic N) is 2. The van der Waals surface area contributed by atoms with Crippen molar-refractivity contribution in [2.45, 2.75) is 59.1 Å². The van der Waals surface area contributed by atoms with Crippen LogP contribution in [0.4, 0.5) is 5.69 Å². The number of rotatable bonds is 3. The van der Waals surface area contributed by atoms with Crippen LogP contribution in [0.1, 0.15) is 56.9 Å². The molecule has 1 fully saturated rings. The number of aryl methyl sites for hydroxylation is 1. The van der Waals surface area contributed by atoms with Crippen molar-refractivity contribution in [1.82, 2.24) is 9.78 Å². The summed E-state index contributed by atoms with van der Waals surface area (Å²) in [5.74, 6) is -0.394. The first-order valence-corrected chi connectivity index (χ1v) is 6.95. The van der Waals surface area contributed by atoms with Crippen LogP contribution >= 0.6 is 0 Å². The van der Waals surface area contributed by atoms with E-state index in [2.05, 4.69) is 18.9 Å². The van der Waals surface area contributed by atoms with Gasteiger partial charge < -0.3 is 10.5 Å². The van der Waals surface area contributed by atoms with Gasteiger partial charge in [0, 0.05) is 12.7 Å². The number of carbonyl (C=O) groups is 1. The van der Waals surface area contributed by atoms with Crippen LogP contribution in [0.3, 0.4) is 0 Å². The SMILES string of the molecule is CCn1cc(N)c(C(=O)OC2CCC(C)(C)CC2)n1. The summed E-state index contributed by atoms with van der Waals surface area (Å²) in [4.78, 5) is 12.0. The van der Waals surface area contributed by atoms with Gasteiger partial charge in [-0.05, 0) is 38.0 Å². The number of carbonyl (C=O) groups excluding carboxylic acids is 1. The summed E-state index contributed by atoms with van der Waals surface area (Å²) >= 11 is 0. The Hall–Kier alpha value is -1.52. The number of nitrogens with two attached hydrogens (primary N) is 1. The quantitative estimate of drug-likeness (QED) is 0.853. The average Bonchev–Trinajstić information content (AvgIpc) is 2.73. The van der Waals surface area contributed by atoms with E-state index in [-0.39, 0.29) is 11.8 Å². The van der Waals surface area contributed by atoms with Gasteiger partial charge in [0.2, 0.25) is 0 Å². The zero-order valence-electron chi connectivity index (χ0n) is 12.0.